The third kappa shape index (κ3) is 1.76. The van der Waals surface area contributed by atoms with Crippen LogP contribution in [-0.2, 0) is 0 Å². The van der Waals surface area contributed by atoms with Gasteiger partial charge in [0.05, 0.1) is 16.8 Å². The molecule has 0 saturated heterocycles. The van der Waals surface area contributed by atoms with Gasteiger partial charge >= 0.3 is 0 Å². The second-order valence-corrected chi connectivity index (χ2v) is 6.10. The van der Waals surface area contributed by atoms with Crippen molar-refractivity contribution in [1.82, 2.24) is 4.98 Å². The number of hydrogen-bond acceptors (Lipinski definition) is 3. The van der Waals surface area contributed by atoms with Crippen molar-refractivity contribution in [3.8, 4) is 6.07 Å². The predicted octanol–water partition coefficient (Wildman–Crippen LogP) is 3.71. The topological polar surface area (TPSA) is 48.7 Å². The summed E-state index contributed by atoms with van der Waals surface area (Å²) in [5, 5.41) is 14.1. The number of nitriles is 1. The molecule has 1 aromatic carbocycles. The Kier molecular flexibility index (Phi) is 2.63. The van der Waals surface area contributed by atoms with Crippen molar-refractivity contribution < 1.29 is 0 Å². The number of benzene rings is 1. The second-order valence-electron chi connectivity index (χ2n) is 6.10. The van der Waals surface area contributed by atoms with Crippen LogP contribution in [0.2, 0.25) is 0 Å². The summed E-state index contributed by atoms with van der Waals surface area (Å²) in [4.78, 5) is 4.37. The van der Waals surface area contributed by atoms with Gasteiger partial charge in [-0.3, -0.25) is 4.98 Å². The van der Waals surface area contributed by atoms with Crippen LogP contribution in [0.25, 0.3) is 10.9 Å². The van der Waals surface area contributed by atoms with E-state index in [2.05, 4.69) is 22.4 Å². The average molecular weight is 263 g/mol. The van der Waals surface area contributed by atoms with Gasteiger partial charge in [0.25, 0.3) is 0 Å². The third-order valence-corrected chi connectivity index (χ3v) is 4.96. The SMILES string of the molecule is N#Cc1cnc2ccccc2c1NC1CC2CCC1C2. The first-order valence-corrected chi connectivity index (χ1v) is 7.39. The molecule has 20 heavy (non-hydrogen) atoms. The van der Waals surface area contributed by atoms with E-state index in [1.54, 1.807) is 6.20 Å². The highest BCUT2D eigenvalue weighted by molar-refractivity contribution is 5.94. The number of para-hydroxylation sites is 1. The first kappa shape index (κ1) is 11.7. The van der Waals surface area contributed by atoms with Crippen molar-refractivity contribution in [2.45, 2.75) is 31.7 Å². The van der Waals surface area contributed by atoms with E-state index < -0.39 is 0 Å². The minimum Gasteiger partial charge on any atom is -0.380 e. The van der Waals surface area contributed by atoms with Gasteiger partial charge in [-0.1, -0.05) is 24.6 Å². The van der Waals surface area contributed by atoms with E-state index in [1.807, 2.05) is 18.2 Å². The molecule has 2 aromatic rings. The van der Waals surface area contributed by atoms with Crippen molar-refractivity contribution in [2.75, 3.05) is 5.32 Å². The Morgan fingerprint density at radius 2 is 2.10 bits per heavy atom. The monoisotopic (exact) mass is 263 g/mol. The Hall–Kier alpha value is -2.08. The van der Waals surface area contributed by atoms with Gasteiger partial charge in [0.2, 0.25) is 0 Å². The molecule has 0 amide bonds. The Bertz CT molecular complexity index is 701. The Balaban J connectivity index is 1.76. The maximum atomic E-state index is 9.35. The van der Waals surface area contributed by atoms with Crippen LogP contribution in [-0.4, -0.2) is 11.0 Å². The largest absolute Gasteiger partial charge is 0.380 e. The Labute approximate surface area is 118 Å². The fourth-order valence-electron chi connectivity index (χ4n) is 3.99. The maximum absolute atomic E-state index is 9.35. The molecule has 2 aliphatic carbocycles. The highest BCUT2D eigenvalue weighted by atomic mass is 15.0. The lowest BCUT2D eigenvalue weighted by atomic mass is 9.94. The Morgan fingerprint density at radius 1 is 1.20 bits per heavy atom. The van der Waals surface area contributed by atoms with Crippen molar-refractivity contribution in [3.05, 3.63) is 36.0 Å². The van der Waals surface area contributed by atoms with Crippen LogP contribution in [0, 0.1) is 23.2 Å². The standard InChI is InChI=1S/C17H17N3/c18-9-13-10-19-15-4-2-1-3-14(15)17(13)20-16-8-11-5-6-12(16)7-11/h1-4,10-12,16H,5-8H2,(H,19,20). The summed E-state index contributed by atoms with van der Waals surface area (Å²) in [6, 6.07) is 10.9. The van der Waals surface area contributed by atoms with E-state index in [1.165, 1.54) is 25.7 Å². The van der Waals surface area contributed by atoms with E-state index in [0.717, 1.165) is 28.4 Å². The number of anilines is 1. The number of nitrogens with zero attached hydrogens (tertiary/aromatic N) is 2. The van der Waals surface area contributed by atoms with Crippen molar-refractivity contribution in [1.29, 1.82) is 5.26 Å². The molecule has 3 unspecified atom stereocenters. The molecule has 100 valence electrons. The molecule has 3 nitrogen and oxygen atoms in total. The van der Waals surface area contributed by atoms with Crippen LogP contribution in [0.1, 0.15) is 31.2 Å². The predicted molar refractivity (Wildman–Crippen MR) is 79.3 cm³/mol. The van der Waals surface area contributed by atoms with E-state index in [0.29, 0.717) is 11.6 Å². The van der Waals surface area contributed by atoms with Crippen molar-refractivity contribution in [3.63, 3.8) is 0 Å². The smallest absolute Gasteiger partial charge is 0.103 e. The summed E-state index contributed by atoms with van der Waals surface area (Å²) in [7, 11) is 0. The van der Waals surface area contributed by atoms with E-state index in [4.69, 9.17) is 0 Å². The normalized spacial score (nSPS) is 27.6. The molecule has 2 fully saturated rings. The summed E-state index contributed by atoms with van der Waals surface area (Å²) in [5.41, 5.74) is 2.60. The summed E-state index contributed by atoms with van der Waals surface area (Å²) in [6.45, 7) is 0. The molecule has 0 radical (unpaired) electrons. The van der Waals surface area contributed by atoms with Gasteiger partial charge in [-0.25, -0.2) is 0 Å². The van der Waals surface area contributed by atoms with Crippen molar-refractivity contribution in [2.24, 2.45) is 11.8 Å². The fraction of sp³-hybridized carbons (Fsp3) is 0.412. The molecule has 2 saturated carbocycles. The third-order valence-electron chi connectivity index (χ3n) is 4.96. The van der Waals surface area contributed by atoms with Gasteiger partial charge in [0.1, 0.15) is 6.07 Å². The van der Waals surface area contributed by atoms with E-state index in [9.17, 15) is 5.26 Å². The van der Waals surface area contributed by atoms with Gasteiger partial charge in [-0.2, -0.15) is 5.26 Å². The van der Waals surface area contributed by atoms with Crippen molar-refractivity contribution >= 4 is 16.6 Å². The van der Waals surface area contributed by atoms with Crippen LogP contribution in [0.4, 0.5) is 5.69 Å². The lowest BCUT2D eigenvalue weighted by molar-refractivity contribution is 0.440. The summed E-state index contributed by atoms with van der Waals surface area (Å²) < 4.78 is 0. The summed E-state index contributed by atoms with van der Waals surface area (Å²) in [5.74, 6) is 1.69. The molecular weight excluding hydrogens is 246 g/mol. The number of aromatic nitrogens is 1. The number of rotatable bonds is 2. The average Bonchev–Trinajstić information content (AvgIpc) is 3.10. The van der Waals surface area contributed by atoms with E-state index >= 15 is 0 Å². The minimum absolute atomic E-state index is 0.534. The van der Waals surface area contributed by atoms with E-state index in [-0.39, 0.29) is 0 Å². The quantitative estimate of drug-likeness (QED) is 0.898. The summed E-state index contributed by atoms with van der Waals surface area (Å²) in [6.07, 6.45) is 7.05. The first-order valence-electron chi connectivity index (χ1n) is 7.39. The van der Waals surface area contributed by atoms with Gasteiger partial charge in [-0.15, -0.1) is 0 Å². The molecule has 1 N–H and O–H groups in total. The molecule has 1 aromatic heterocycles. The Morgan fingerprint density at radius 3 is 2.85 bits per heavy atom. The van der Waals surface area contributed by atoms with Crippen LogP contribution in [0.5, 0.6) is 0 Å². The van der Waals surface area contributed by atoms with Gasteiger partial charge in [0.15, 0.2) is 0 Å². The molecule has 3 heteroatoms. The van der Waals surface area contributed by atoms with Gasteiger partial charge < -0.3 is 5.32 Å². The number of fused-ring (bicyclic) bond motifs is 3. The highest BCUT2D eigenvalue weighted by Crippen LogP contribution is 2.46. The molecule has 2 aliphatic rings. The lowest BCUT2D eigenvalue weighted by Gasteiger charge is -2.25. The molecule has 3 atom stereocenters. The molecule has 0 aliphatic heterocycles. The first-order chi connectivity index (χ1) is 9.85. The molecular formula is C17H17N3. The molecule has 2 bridgehead atoms. The fourth-order valence-corrected chi connectivity index (χ4v) is 3.99. The lowest BCUT2D eigenvalue weighted by Crippen LogP contribution is -2.26. The zero-order valence-electron chi connectivity index (χ0n) is 11.3. The van der Waals surface area contributed by atoms with Crippen LogP contribution in [0.15, 0.2) is 30.5 Å². The van der Waals surface area contributed by atoms with Crippen LogP contribution >= 0.6 is 0 Å². The summed E-state index contributed by atoms with van der Waals surface area (Å²) >= 11 is 0. The number of nitrogens with one attached hydrogen (secondary N) is 1. The zero-order valence-corrected chi connectivity index (χ0v) is 11.3. The molecule has 4 rings (SSSR count). The molecule has 1 heterocycles. The number of pyridine rings is 1. The van der Waals surface area contributed by atoms with Crippen LogP contribution in [0.3, 0.4) is 0 Å². The highest BCUT2D eigenvalue weighted by Gasteiger charge is 2.39. The van der Waals surface area contributed by atoms with Crippen LogP contribution < -0.4 is 5.32 Å². The number of hydrogen-bond donors (Lipinski definition) is 1. The maximum Gasteiger partial charge on any atom is 0.103 e. The van der Waals surface area contributed by atoms with Gasteiger partial charge in [0, 0.05) is 17.6 Å². The minimum atomic E-state index is 0.534. The zero-order chi connectivity index (χ0) is 13.5. The second kappa shape index (κ2) is 4.49. The molecule has 0 spiro atoms. The van der Waals surface area contributed by atoms with Gasteiger partial charge in [-0.05, 0) is 37.2 Å².